The van der Waals surface area contributed by atoms with Crippen LogP contribution in [0, 0.1) is 5.92 Å². The molecule has 6 aromatic carbocycles. The minimum atomic E-state index is 0.0484. The molecule has 3 atom stereocenters. The SMILES string of the molecule is C1=CC2C(N(c3cccc4c3oc3ccccc34)C3C=CC(c4ccccc4)=CC3)=Cc3c(oc4cccc(-c5ccc6ccccc6c5)c34)C2C=C1. The van der Waals surface area contributed by atoms with Crippen molar-refractivity contribution in [3.05, 3.63) is 199 Å². The van der Waals surface area contributed by atoms with Crippen molar-refractivity contribution in [2.75, 3.05) is 4.90 Å². The molecule has 0 radical (unpaired) electrons. The quantitative estimate of drug-likeness (QED) is 0.181. The van der Waals surface area contributed by atoms with E-state index in [9.17, 15) is 0 Å². The molecule has 11 rings (SSSR count). The van der Waals surface area contributed by atoms with Gasteiger partial charge >= 0.3 is 0 Å². The Morgan fingerprint density at radius 3 is 2.25 bits per heavy atom. The highest BCUT2D eigenvalue weighted by atomic mass is 16.3. The Balaban J connectivity index is 1.14. The summed E-state index contributed by atoms with van der Waals surface area (Å²) < 4.78 is 13.6. The molecule has 0 saturated heterocycles. The Bertz CT molecular complexity index is 2890. The van der Waals surface area contributed by atoms with E-state index in [1.54, 1.807) is 0 Å². The van der Waals surface area contributed by atoms with Crippen LogP contribution in [0.25, 0.3) is 66.5 Å². The minimum Gasteiger partial charge on any atom is -0.460 e. The van der Waals surface area contributed by atoms with Gasteiger partial charge in [0.15, 0.2) is 5.58 Å². The minimum absolute atomic E-state index is 0.0484. The molecule has 53 heavy (non-hydrogen) atoms. The largest absolute Gasteiger partial charge is 0.460 e. The number of hydrogen-bond donors (Lipinski definition) is 0. The molecular formula is C50H35NO2. The molecule has 8 aromatic rings. The zero-order valence-corrected chi connectivity index (χ0v) is 29.0. The molecule has 0 fully saturated rings. The monoisotopic (exact) mass is 681 g/mol. The zero-order valence-electron chi connectivity index (χ0n) is 29.0. The summed E-state index contributed by atoms with van der Waals surface area (Å²) in [6.45, 7) is 0. The van der Waals surface area contributed by atoms with Crippen LogP contribution >= 0.6 is 0 Å². The Kier molecular flexibility index (Phi) is 6.81. The molecule has 0 N–H and O–H groups in total. The van der Waals surface area contributed by atoms with Gasteiger partial charge in [0.2, 0.25) is 0 Å². The fourth-order valence-corrected chi connectivity index (χ4v) is 8.87. The fourth-order valence-electron chi connectivity index (χ4n) is 8.87. The van der Waals surface area contributed by atoms with Gasteiger partial charge in [0.1, 0.15) is 16.9 Å². The highest BCUT2D eigenvalue weighted by Crippen LogP contribution is 2.51. The van der Waals surface area contributed by atoms with Gasteiger partial charge in [0.05, 0.1) is 11.7 Å². The number of anilines is 1. The van der Waals surface area contributed by atoms with Gasteiger partial charge in [-0.15, -0.1) is 0 Å². The molecule has 3 aliphatic carbocycles. The predicted molar refractivity (Wildman–Crippen MR) is 220 cm³/mol. The number of benzene rings is 6. The normalized spacial score (nSPS) is 19.1. The number of para-hydroxylation sites is 2. The first-order valence-electron chi connectivity index (χ1n) is 18.5. The summed E-state index contributed by atoms with van der Waals surface area (Å²) in [5.74, 6) is 1.15. The van der Waals surface area contributed by atoms with Gasteiger partial charge in [0, 0.05) is 39.3 Å². The number of nitrogens with zero attached hydrogens (tertiary/aromatic N) is 1. The molecule has 3 nitrogen and oxygen atoms in total. The fraction of sp³-hybridized carbons (Fsp3) is 0.0800. The van der Waals surface area contributed by atoms with Gasteiger partial charge in [-0.3, -0.25) is 0 Å². The average Bonchev–Trinajstić information content (AvgIpc) is 3.81. The number of allylic oxidation sites excluding steroid dienone is 6. The topological polar surface area (TPSA) is 29.5 Å². The van der Waals surface area contributed by atoms with Crippen molar-refractivity contribution in [2.45, 2.75) is 18.4 Å². The third kappa shape index (κ3) is 4.81. The average molecular weight is 682 g/mol. The summed E-state index contributed by atoms with van der Waals surface area (Å²) in [4.78, 5) is 2.56. The highest BCUT2D eigenvalue weighted by molar-refractivity contribution is 6.10. The van der Waals surface area contributed by atoms with Gasteiger partial charge in [-0.05, 0) is 69.8 Å². The van der Waals surface area contributed by atoms with Crippen LogP contribution in [0.15, 0.2) is 191 Å². The van der Waals surface area contributed by atoms with E-state index >= 15 is 0 Å². The molecule has 2 aromatic heterocycles. The van der Waals surface area contributed by atoms with Crippen LogP contribution in [0.5, 0.6) is 0 Å². The van der Waals surface area contributed by atoms with Crippen LogP contribution in [-0.4, -0.2) is 6.04 Å². The summed E-state index contributed by atoms with van der Waals surface area (Å²) in [6.07, 6.45) is 19.4. The van der Waals surface area contributed by atoms with Gasteiger partial charge in [-0.25, -0.2) is 0 Å². The number of rotatable bonds is 5. The van der Waals surface area contributed by atoms with E-state index in [4.69, 9.17) is 8.83 Å². The van der Waals surface area contributed by atoms with Crippen molar-refractivity contribution < 1.29 is 8.83 Å². The zero-order chi connectivity index (χ0) is 34.9. The highest BCUT2D eigenvalue weighted by Gasteiger charge is 2.39. The third-order valence-electron chi connectivity index (χ3n) is 11.3. The number of hydrogen-bond acceptors (Lipinski definition) is 3. The summed E-state index contributed by atoms with van der Waals surface area (Å²) >= 11 is 0. The molecule has 0 saturated carbocycles. The molecule has 2 heterocycles. The smallest absolute Gasteiger partial charge is 0.159 e. The lowest BCUT2D eigenvalue weighted by Gasteiger charge is -2.41. The van der Waals surface area contributed by atoms with Crippen molar-refractivity contribution in [2.24, 2.45) is 5.92 Å². The first kappa shape index (κ1) is 30.1. The summed E-state index contributed by atoms with van der Waals surface area (Å²) in [7, 11) is 0. The van der Waals surface area contributed by atoms with Crippen LogP contribution in [0.3, 0.4) is 0 Å². The Labute approximate surface area is 307 Å². The molecule has 3 unspecified atom stereocenters. The van der Waals surface area contributed by atoms with Crippen molar-refractivity contribution in [1.29, 1.82) is 0 Å². The number of fused-ring (bicyclic) bond motifs is 9. The molecule has 0 aliphatic heterocycles. The van der Waals surface area contributed by atoms with Crippen molar-refractivity contribution in [3.63, 3.8) is 0 Å². The van der Waals surface area contributed by atoms with Crippen LogP contribution in [0.1, 0.15) is 29.2 Å². The van der Waals surface area contributed by atoms with E-state index < -0.39 is 0 Å². The van der Waals surface area contributed by atoms with Crippen molar-refractivity contribution in [1.82, 2.24) is 0 Å². The lowest BCUT2D eigenvalue weighted by Crippen LogP contribution is -2.38. The molecule has 3 aliphatic rings. The van der Waals surface area contributed by atoms with E-state index in [-0.39, 0.29) is 17.9 Å². The maximum Gasteiger partial charge on any atom is 0.159 e. The van der Waals surface area contributed by atoms with Gasteiger partial charge in [-0.2, -0.15) is 0 Å². The molecule has 0 bridgehead atoms. The second-order valence-electron chi connectivity index (χ2n) is 14.3. The first-order valence-corrected chi connectivity index (χ1v) is 18.5. The van der Waals surface area contributed by atoms with E-state index in [0.29, 0.717) is 0 Å². The summed E-state index contributed by atoms with van der Waals surface area (Å²) in [5, 5.41) is 5.89. The molecule has 252 valence electrons. The van der Waals surface area contributed by atoms with Crippen LogP contribution in [0.4, 0.5) is 5.69 Å². The Morgan fingerprint density at radius 1 is 0.585 bits per heavy atom. The molecular weight excluding hydrogens is 647 g/mol. The van der Waals surface area contributed by atoms with Gasteiger partial charge in [-0.1, -0.05) is 152 Å². The first-order chi connectivity index (χ1) is 26.3. The summed E-state index contributed by atoms with van der Waals surface area (Å²) in [5.41, 5.74) is 11.0. The van der Waals surface area contributed by atoms with E-state index in [1.165, 1.54) is 38.7 Å². The predicted octanol–water partition coefficient (Wildman–Crippen LogP) is 13.3. The Morgan fingerprint density at radius 2 is 1.36 bits per heavy atom. The van der Waals surface area contributed by atoms with Crippen molar-refractivity contribution >= 4 is 61.0 Å². The number of furan rings is 2. The molecule has 0 spiro atoms. The van der Waals surface area contributed by atoms with E-state index in [0.717, 1.165) is 56.3 Å². The second kappa shape index (κ2) is 12.0. The Hall–Kier alpha value is -6.58. The lowest BCUT2D eigenvalue weighted by atomic mass is 9.77. The van der Waals surface area contributed by atoms with Crippen LogP contribution in [-0.2, 0) is 0 Å². The molecule has 3 heteroatoms. The molecule has 0 amide bonds. The standard InChI is InChI=1S/C50H35NO2/c1-2-12-32(13-3-1)34-26-28-37(29-27-34)51(44-21-10-20-42-40-17-8-9-22-46(40)52-50(42)44)45-31-43-48-38(36-25-24-33-14-4-5-15-35(33)30-36)19-11-23-47(48)53-49(43)41-18-7-6-16-39(41)45/h1-28,30-31,37,39,41H,29H2. The van der Waals surface area contributed by atoms with Gasteiger partial charge < -0.3 is 13.7 Å². The lowest BCUT2D eigenvalue weighted by molar-refractivity contribution is 0.474. The van der Waals surface area contributed by atoms with Crippen LogP contribution in [0.2, 0.25) is 0 Å². The summed E-state index contributed by atoms with van der Waals surface area (Å²) in [6, 6.07) is 47.5. The maximum absolute atomic E-state index is 6.87. The van der Waals surface area contributed by atoms with Crippen molar-refractivity contribution in [3.8, 4) is 11.1 Å². The van der Waals surface area contributed by atoms with Gasteiger partial charge in [0.25, 0.3) is 0 Å². The second-order valence-corrected chi connectivity index (χ2v) is 14.3. The third-order valence-corrected chi connectivity index (χ3v) is 11.3. The maximum atomic E-state index is 6.87. The van der Waals surface area contributed by atoms with E-state index in [2.05, 4.69) is 181 Å². The van der Waals surface area contributed by atoms with Crippen LogP contribution < -0.4 is 4.90 Å². The van der Waals surface area contributed by atoms with E-state index in [1.807, 2.05) is 6.07 Å².